The van der Waals surface area contributed by atoms with Gasteiger partial charge in [0.1, 0.15) is 30.0 Å². The van der Waals surface area contributed by atoms with Gasteiger partial charge in [-0.15, -0.1) is 18.3 Å². The number of aromatic nitrogens is 4. The van der Waals surface area contributed by atoms with E-state index in [1.54, 1.807) is 30.3 Å². The highest BCUT2D eigenvalue weighted by atomic mass is 28.3. The average Bonchev–Trinajstić information content (AvgIpc) is 3.81. The van der Waals surface area contributed by atoms with Gasteiger partial charge in [0, 0.05) is 49.5 Å². The largest absolute Gasteiger partial charge is 0.573 e. The van der Waals surface area contributed by atoms with Crippen LogP contribution >= 0.6 is 0 Å². The molecule has 1 saturated carbocycles. The van der Waals surface area contributed by atoms with Gasteiger partial charge in [0.05, 0.1) is 18.4 Å². The van der Waals surface area contributed by atoms with Crippen LogP contribution in [0, 0.1) is 11.3 Å². The molecule has 0 N–H and O–H groups in total. The minimum atomic E-state index is -4.85. The van der Waals surface area contributed by atoms with Crippen molar-refractivity contribution >= 4 is 13.8 Å². The summed E-state index contributed by atoms with van der Waals surface area (Å²) in [5, 5.41) is 17.8. The minimum Gasteiger partial charge on any atom is -0.405 e. The van der Waals surface area contributed by atoms with Crippen molar-refractivity contribution in [1.82, 2.24) is 19.5 Å². The van der Waals surface area contributed by atoms with Gasteiger partial charge in [-0.05, 0) is 81.0 Å². The van der Waals surface area contributed by atoms with E-state index < -0.39 is 31.4 Å². The van der Waals surface area contributed by atoms with Gasteiger partial charge in [-0.2, -0.15) is 9.94 Å². The van der Waals surface area contributed by atoms with Gasteiger partial charge < -0.3 is 23.6 Å². The van der Waals surface area contributed by atoms with Crippen LogP contribution in [-0.4, -0.2) is 58.7 Å². The number of para-hydroxylation sites is 1. The third kappa shape index (κ3) is 8.12. The Balaban J connectivity index is 1.05. The van der Waals surface area contributed by atoms with E-state index in [0.29, 0.717) is 29.3 Å². The van der Waals surface area contributed by atoms with Gasteiger partial charge in [-0.3, -0.25) is 4.79 Å². The number of anilines is 1. The number of ether oxygens (including phenoxy) is 3. The van der Waals surface area contributed by atoms with Crippen LogP contribution in [-0.2, 0) is 22.8 Å². The highest BCUT2D eigenvalue weighted by Crippen LogP contribution is 2.46. The number of nitrogens with zero attached hydrogens (tertiary/aromatic N) is 6. The maximum absolute atomic E-state index is 13.4. The molecule has 53 heavy (non-hydrogen) atoms. The smallest absolute Gasteiger partial charge is 0.405 e. The third-order valence-electron chi connectivity index (χ3n) is 10.1. The fraction of sp³-hybridized carbons (Fsp3) is 0.486. The molecular formula is C37H41F3N6O6Si. The standard InChI is InChI=1S/C37H41F3N6O6Si/c1-53(2,3)17-16-49-22-44-35(47)31(20-41)42-46(36(44)48)25-12-10-24(11-13-25)45-26-14-15-27(45)19-28(18-26)50-21-30-33(43-52-34(30)23-8-9-23)29-6-4-5-7-32(29)51-37(38,39)40/h4-7,10-13,23,26-28H,8-9,14-19,21-22H2,1-3H3/t26-,27+,28?. The lowest BCUT2D eigenvalue weighted by Gasteiger charge is -2.40. The highest BCUT2D eigenvalue weighted by molar-refractivity contribution is 6.76. The van der Waals surface area contributed by atoms with Crippen LogP contribution in [0.5, 0.6) is 5.75 Å². The van der Waals surface area contributed by atoms with Crippen LogP contribution in [0.2, 0.25) is 25.7 Å². The summed E-state index contributed by atoms with van der Waals surface area (Å²) in [6.45, 7) is 6.90. The average molecular weight is 751 g/mol. The summed E-state index contributed by atoms with van der Waals surface area (Å²) < 4.78 is 63.8. The summed E-state index contributed by atoms with van der Waals surface area (Å²) in [6.07, 6.45) is 0.343. The molecule has 0 radical (unpaired) electrons. The second kappa shape index (κ2) is 14.6. The van der Waals surface area contributed by atoms with Crippen molar-refractivity contribution in [2.45, 2.75) is 108 Å². The number of benzene rings is 2. The zero-order chi connectivity index (χ0) is 37.5. The van der Waals surface area contributed by atoms with E-state index in [0.717, 1.165) is 59.5 Å². The molecule has 2 aromatic carbocycles. The number of alkyl halides is 3. The molecule has 2 aromatic heterocycles. The van der Waals surface area contributed by atoms with Crippen molar-refractivity contribution in [1.29, 1.82) is 5.26 Å². The minimum absolute atomic E-state index is 0.0827. The monoisotopic (exact) mass is 750 g/mol. The molecule has 7 rings (SSSR count). The van der Waals surface area contributed by atoms with Crippen LogP contribution in [0.1, 0.15) is 61.5 Å². The molecule has 1 aliphatic carbocycles. The predicted octanol–water partition coefficient (Wildman–Crippen LogP) is 6.73. The van der Waals surface area contributed by atoms with Crippen molar-refractivity contribution in [3.8, 4) is 28.8 Å². The molecule has 3 aliphatic rings. The van der Waals surface area contributed by atoms with Gasteiger partial charge in [-0.25, -0.2) is 9.36 Å². The Kier molecular flexibility index (Phi) is 10.1. The lowest BCUT2D eigenvalue weighted by molar-refractivity contribution is -0.274. The molecule has 2 bridgehead atoms. The first kappa shape index (κ1) is 36.6. The van der Waals surface area contributed by atoms with E-state index in [1.165, 1.54) is 12.1 Å². The van der Waals surface area contributed by atoms with Crippen molar-refractivity contribution in [3.63, 3.8) is 0 Å². The topological polar surface area (TPSA) is 138 Å². The Hall–Kier alpha value is -4.72. The number of nitriles is 1. The van der Waals surface area contributed by atoms with E-state index in [-0.39, 0.29) is 48.8 Å². The molecule has 0 spiro atoms. The van der Waals surface area contributed by atoms with Gasteiger partial charge in [0.2, 0.25) is 5.69 Å². The molecular weight excluding hydrogens is 710 g/mol. The number of fused-ring (bicyclic) bond motifs is 2. The summed E-state index contributed by atoms with van der Waals surface area (Å²) >= 11 is 0. The Bertz CT molecular complexity index is 2100. The first-order chi connectivity index (χ1) is 25.3. The maximum atomic E-state index is 13.4. The quantitative estimate of drug-likeness (QED) is 0.107. The normalized spacial score (nSPS) is 20.1. The van der Waals surface area contributed by atoms with Gasteiger partial charge in [0.25, 0.3) is 5.56 Å². The van der Waals surface area contributed by atoms with Crippen molar-refractivity contribution < 1.29 is 31.9 Å². The molecule has 4 aromatic rings. The molecule has 12 nitrogen and oxygen atoms in total. The summed E-state index contributed by atoms with van der Waals surface area (Å²) in [7, 11) is -1.38. The zero-order valence-corrected chi connectivity index (χ0v) is 30.8. The van der Waals surface area contributed by atoms with E-state index in [9.17, 15) is 28.0 Å². The Morgan fingerprint density at radius 2 is 1.66 bits per heavy atom. The van der Waals surface area contributed by atoms with Crippen LogP contribution in [0.3, 0.4) is 0 Å². The van der Waals surface area contributed by atoms with Crippen molar-refractivity contribution in [2.24, 2.45) is 0 Å². The Morgan fingerprint density at radius 1 is 0.981 bits per heavy atom. The van der Waals surface area contributed by atoms with E-state index >= 15 is 0 Å². The summed E-state index contributed by atoms with van der Waals surface area (Å²) in [4.78, 5) is 28.5. The highest BCUT2D eigenvalue weighted by Gasteiger charge is 2.42. The molecule has 3 atom stereocenters. The number of piperidine rings is 1. The fourth-order valence-electron chi connectivity index (χ4n) is 7.27. The fourth-order valence-corrected chi connectivity index (χ4v) is 8.02. The number of rotatable bonds is 13. The lowest BCUT2D eigenvalue weighted by atomic mass is 9.98. The Labute approximate surface area is 304 Å². The van der Waals surface area contributed by atoms with E-state index in [2.05, 4.69) is 39.5 Å². The van der Waals surface area contributed by atoms with Crippen LogP contribution in [0.15, 0.2) is 62.6 Å². The maximum Gasteiger partial charge on any atom is 0.573 e. The van der Waals surface area contributed by atoms with Crippen LogP contribution < -0.4 is 20.9 Å². The van der Waals surface area contributed by atoms with E-state index in [1.807, 2.05) is 12.1 Å². The Morgan fingerprint density at radius 3 is 2.30 bits per heavy atom. The first-order valence-electron chi connectivity index (χ1n) is 17.9. The van der Waals surface area contributed by atoms with Gasteiger partial charge in [0.15, 0.2) is 0 Å². The number of halogens is 3. The molecule has 0 amide bonds. The van der Waals surface area contributed by atoms with E-state index in [4.69, 9.17) is 14.0 Å². The number of hydrogen-bond donors (Lipinski definition) is 0. The van der Waals surface area contributed by atoms with Crippen molar-refractivity contribution in [3.05, 3.63) is 86.4 Å². The van der Waals surface area contributed by atoms with Gasteiger partial charge >= 0.3 is 12.1 Å². The zero-order valence-electron chi connectivity index (χ0n) is 29.8. The summed E-state index contributed by atoms with van der Waals surface area (Å²) in [5.74, 6) is 0.479. The summed E-state index contributed by atoms with van der Waals surface area (Å²) in [6, 6.07) is 16.3. The first-order valence-corrected chi connectivity index (χ1v) is 21.6. The van der Waals surface area contributed by atoms with Crippen LogP contribution in [0.4, 0.5) is 18.9 Å². The number of hydrogen-bond acceptors (Lipinski definition) is 10. The van der Waals surface area contributed by atoms with Gasteiger partial charge in [-0.1, -0.05) is 36.9 Å². The third-order valence-corrected chi connectivity index (χ3v) is 11.8. The molecule has 4 heterocycles. The van der Waals surface area contributed by atoms with Crippen molar-refractivity contribution in [2.75, 3.05) is 11.5 Å². The second-order valence-electron chi connectivity index (χ2n) is 15.1. The molecule has 2 aliphatic heterocycles. The molecule has 16 heteroatoms. The van der Waals surface area contributed by atoms with Crippen LogP contribution in [0.25, 0.3) is 16.9 Å². The lowest BCUT2D eigenvalue weighted by Crippen LogP contribution is -2.45. The second-order valence-corrected chi connectivity index (χ2v) is 20.8. The predicted molar refractivity (Wildman–Crippen MR) is 191 cm³/mol. The molecule has 280 valence electrons. The molecule has 1 unspecified atom stereocenters. The molecule has 3 fully saturated rings. The SMILES string of the molecule is C[Si](C)(C)CCOCn1c(=O)c(C#N)nn(-c2ccc(N3[C@@H]4CC[C@H]3CC(OCc3c(-c5ccccc5OC(F)(F)F)noc3C3CC3)C4)cc2)c1=O. The summed E-state index contributed by atoms with van der Waals surface area (Å²) in [5.41, 5.74) is 0.656. The molecule has 2 saturated heterocycles.